The molecule has 2 rings (SSSR count). The Hall–Kier alpha value is -2.58. The van der Waals surface area contributed by atoms with E-state index in [2.05, 4.69) is 0 Å². The van der Waals surface area contributed by atoms with Crippen LogP contribution < -0.4 is 0 Å². The second kappa shape index (κ2) is 11.3. The topological polar surface area (TPSA) is 47.6 Å². The number of nitriles is 2. The van der Waals surface area contributed by atoms with Crippen molar-refractivity contribution in [3.05, 3.63) is 60.2 Å². The zero-order chi connectivity index (χ0) is 16.1. The van der Waals surface area contributed by atoms with Crippen molar-refractivity contribution in [2.24, 2.45) is 0 Å². The summed E-state index contributed by atoms with van der Waals surface area (Å²) in [5.41, 5.74) is 2.96. The highest BCUT2D eigenvalue weighted by Crippen LogP contribution is 2.22. The lowest BCUT2D eigenvalue weighted by Gasteiger charge is -2.04. The van der Waals surface area contributed by atoms with Crippen LogP contribution in [-0.4, -0.2) is 0 Å². The molecular weight excluding hydrogens is 256 g/mol. The molecule has 0 N–H and O–H groups in total. The molecule has 0 spiro atoms. The highest BCUT2D eigenvalue weighted by atomic mass is 14.3. The molecule has 0 heterocycles. The molecule has 108 valence electrons. The summed E-state index contributed by atoms with van der Waals surface area (Å²) < 4.78 is 0. The standard InChI is InChI=1S/C15H10N2.2C2H6/c16-10-15(11-17)14-8-6-13(7-9-14)12-4-2-1-3-5-12;2*1-2/h1-9,15H;2*1-2H3. The van der Waals surface area contributed by atoms with E-state index in [4.69, 9.17) is 10.5 Å². The summed E-state index contributed by atoms with van der Waals surface area (Å²) in [4.78, 5) is 0. The van der Waals surface area contributed by atoms with Crippen LogP contribution in [0.4, 0.5) is 0 Å². The smallest absolute Gasteiger partial charge is 0.158 e. The molecule has 0 fully saturated rings. The quantitative estimate of drug-likeness (QED) is 0.724. The van der Waals surface area contributed by atoms with Gasteiger partial charge >= 0.3 is 0 Å². The monoisotopic (exact) mass is 278 g/mol. The van der Waals surface area contributed by atoms with E-state index in [0.717, 1.165) is 16.7 Å². The highest BCUT2D eigenvalue weighted by Gasteiger charge is 2.08. The second-order valence-electron chi connectivity index (χ2n) is 3.68. The Morgan fingerprint density at radius 1 is 0.667 bits per heavy atom. The van der Waals surface area contributed by atoms with Crippen LogP contribution in [-0.2, 0) is 0 Å². The summed E-state index contributed by atoms with van der Waals surface area (Å²) in [7, 11) is 0. The van der Waals surface area contributed by atoms with Crippen LogP contribution in [0.3, 0.4) is 0 Å². The van der Waals surface area contributed by atoms with E-state index in [9.17, 15) is 0 Å². The summed E-state index contributed by atoms with van der Waals surface area (Å²) >= 11 is 0. The van der Waals surface area contributed by atoms with Crippen LogP contribution in [0.2, 0.25) is 0 Å². The summed E-state index contributed by atoms with van der Waals surface area (Å²) in [6.07, 6.45) is 0. The predicted octanol–water partition coefficient (Wildman–Crippen LogP) is 5.54. The van der Waals surface area contributed by atoms with Crippen molar-refractivity contribution in [3.63, 3.8) is 0 Å². The summed E-state index contributed by atoms with van der Waals surface area (Å²) in [5, 5.41) is 17.6. The maximum atomic E-state index is 8.79. The van der Waals surface area contributed by atoms with Crippen LogP contribution >= 0.6 is 0 Å². The van der Waals surface area contributed by atoms with Crippen molar-refractivity contribution >= 4 is 0 Å². The van der Waals surface area contributed by atoms with Gasteiger partial charge in [-0.15, -0.1) is 0 Å². The van der Waals surface area contributed by atoms with E-state index in [1.54, 1.807) is 0 Å². The molecule has 21 heavy (non-hydrogen) atoms. The number of hydrogen-bond donors (Lipinski definition) is 0. The van der Waals surface area contributed by atoms with Gasteiger partial charge in [-0.25, -0.2) is 0 Å². The first kappa shape index (κ1) is 18.4. The Balaban J connectivity index is 0.000000921. The number of hydrogen-bond acceptors (Lipinski definition) is 2. The Morgan fingerprint density at radius 3 is 1.52 bits per heavy atom. The van der Waals surface area contributed by atoms with Gasteiger partial charge in [0, 0.05) is 0 Å². The van der Waals surface area contributed by atoms with E-state index in [-0.39, 0.29) is 0 Å². The third-order valence-electron chi connectivity index (χ3n) is 2.61. The van der Waals surface area contributed by atoms with Gasteiger partial charge in [0.05, 0.1) is 12.1 Å². The first-order valence-electron chi connectivity index (χ1n) is 7.30. The summed E-state index contributed by atoms with van der Waals surface area (Å²) in [6, 6.07) is 21.5. The Labute approximate surface area is 128 Å². The minimum absolute atomic E-state index is 0.681. The minimum atomic E-state index is -0.681. The lowest BCUT2D eigenvalue weighted by atomic mass is 9.98. The van der Waals surface area contributed by atoms with Crippen molar-refractivity contribution in [1.29, 1.82) is 10.5 Å². The second-order valence-corrected chi connectivity index (χ2v) is 3.68. The van der Waals surface area contributed by atoms with Crippen molar-refractivity contribution in [3.8, 4) is 23.3 Å². The third-order valence-corrected chi connectivity index (χ3v) is 2.61. The largest absolute Gasteiger partial charge is 0.196 e. The van der Waals surface area contributed by atoms with Gasteiger partial charge in [0.1, 0.15) is 0 Å². The highest BCUT2D eigenvalue weighted by molar-refractivity contribution is 5.63. The molecular formula is C19H22N2. The minimum Gasteiger partial charge on any atom is -0.196 e. The van der Waals surface area contributed by atoms with E-state index >= 15 is 0 Å². The molecule has 0 aromatic heterocycles. The van der Waals surface area contributed by atoms with Crippen molar-refractivity contribution < 1.29 is 0 Å². The average molecular weight is 278 g/mol. The van der Waals surface area contributed by atoms with Crippen LogP contribution in [0.15, 0.2) is 54.6 Å². The van der Waals surface area contributed by atoms with Crippen molar-refractivity contribution in [2.75, 3.05) is 0 Å². The van der Waals surface area contributed by atoms with Crippen molar-refractivity contribution in [1.82, 2.24) is 0 Å². The lowest BCUT2D eigenvalue weighted by Crippen LogP contribution is -1.91. The Kier molecular flexibility index (Phi) is 9.88. The first-order valence-corrected chi connectivity index (χ1v) is 7.30. The molecule has 2 aromatic carbocycles. The molecule has 0 saturated carbocycles. The van der Waals surface area contributed by atoms with Crippen LogP contribution in [0.25, 0.3) is 11.1 Å². The number of rotatable bonds is 2. The zero-order valence-electron chi connectivity index (χ0n) is 13.2. The zero-order valence-corrected chi connectivity index (χ0v) is 13.2. The maximum absolute atomic E-state index is 8.79. The van der Waals surface area contributed by atoms with Gasteiger partial charge < -0.3 is 0 Å². The summed E-state index contributed by atoms with van der Waals surface area (Å²) in [5.74, 6) is -0.681. The van der Waals surface area contributed by atoms with Gasteiger partial charge in [-0.3, -0.25) is 0 Å². The Bertz CT molecular complexity index is 558. The third kappa shape index (κ3) is 5.51. The average Bonchev–Trinajstić information content (AvgIpc) is 2.61. The molecule has 0 aliphatic rings. The van der Waals surface area contributed by atoms with E-state index in [1.807, 2.05) is 94.4 Å². The first-order chi connectivity index (χ1) is 10.3. The molecule has 2 aromatic rings. The molecule has 0 bridgehead atoms. The van der Waals surface area contributed by atoms with Gasteiger partial charge in [0.2, 0.25) is 0 Å². The van der Waals surface area contributed by atoms with Crippen molar-refractivity contribution in [2.45, 2.75) is 33.6 Å². The molecule has 0 amide bonds. The molecule has 0 saturated heterocycles. The van der Waals surface area contributed by atoms with Gasteiger partial charge in [-0.2, -0.15) is 10.5 Å². The van der Waals surface area contributed by atoms with Crippen LogP contribution in [0.5, 0.6) is 0 Å². The van der Waals surface area contributed by atoms with Crippen LogP contribution in [0.1, 0.15) is 39.2 Å². The normalized spacial score (nSPS) is 8.33. The fourth-order valence-corrected chi connectivity index (χ4v) is 1.68. The summed E-state index contributed by atoms with van der Waals surface area (Å²) in [6.45, 7) is 8.00. The van der Waals surface area contributed by atoms with E-state index in [0.29, 0.717) is 0 Å². The fourth-order valence-electron chi connectivity index (χ4n) is 1.68. The SMILES string of the molecule is CC.CC.N#CC(C#N)c1ccc(-c2ccccc2)cc1. The number of nitrogens with zero attached hydrogens (tertiary/aromatic N) is 2. The van der Waals surface area contributed by atoms with Gasteiger partial charge in [-0.1, -0.05) is 82.3 Å². The van der Waals surface area contributed by atoms with Gasteiger partial charge in [-0.05, 0) is 16.7 Å². The number of benzene rings is 2. The molecule has 0 atom stereocenters. The van der Waals surface area contributed by atoms with Crippen LogP contribution in [0, 0.1) is 22.7 Å². The lowest BCUT2D eigenvalue weighted by molar-refractivity contribution is 1.10. The molecule has 0 aliphatic carbocycles. The molecule has 2 nitrogen and oxygen atoms in total. The predicted molar refractivity (Wildman–Crippen MR) is 88.5 cm³/mol. The molecule has 0 unspecified atom stereocenters. The van der Waals surface area contributed by atoms with E-state index < -0.39 is 5.92 Å². The fraction of sp³-hybridized carbons (Fsp3) is 0.263. The Morgan fingerprint density at radius 2 is 1.10 bits per heavy atom. The molecule has 2 heteroatoms. The van der Waals surface area contributed by atoms with Gasteiger partial charge in [0.25, 0.3) is 0 Å². The van der Waals surface area contributed by atoms with E-state index in [1.165, 1.54) is 0 Å². The maximum Gasteiger partial charge on any atom is 0.158 e. The molecule has 0 radical (unpaired) electrons. The van der Waals surface area contributed by atoms with Gasteiger partial charge in [0.15, 0.2) is 5.92 Å². The molecule has 0 aliphatic heterocycles.